The van der Waals surface area contributed by atoms with Gasteiger partial charge in [0.1, 0.15) is 5.76 Å². The normalized spacial score (nSPS) is 20.0. The van der Waals surface area contributed by atoms with Crippen molar-refractivity contribution in [2.45, 2.75) is 0 Å². The highest BCUT2D eigenvalue weighted by Gasteiger charge is 2.34. The highest BCUT2D eigenvalue weighted by molar-refractivity contribution is 6.37. The number of benzene rings is 1. The number of hydrogen-bond acceptors (Lipinski definition) is 4. The average molecular weight is 345 g/mol. The van der Waals surface area contributed by atoms with Gasteiger partial charge in [0, 0.05) is 23.7 Å². The predicted octanol–water partition coefficient (Wildman–Crippen LogP) is 3.11. The molecule has 1 amide bonds. The minimum absolute atomic E-state index is 0.0323. The summed E-state index contributed by atoms with van der Waals surface area (Å²) in [5, 5.41) is 0.618. The standard InChI is InChI=1S/C18H17ClN2O3/c19-13-3-4-15-16(11-14-2-1-7-24-14)18(22)21(17(15)10-13)12-20-5-8-23-9-6-20/h1-4,7,10-11H,5-6,8-9,12H2/b16-11-. The van der Waals surface area contributed by atoms with Gasteiger partial charge in [-0.1, -0.05) is 17.7 Å². The summed E-state index contributed by atoms with van der Waals surface area (Å²) in [6.07, 6.45) is 3.38. The number of halogens is 1. The van der Waals surface area contributed by atoms with Crippen molar-refractivity contribution in [3.05, 3.63) is 52.9 Å². The van der Waals surface area contributed by atoms with E-state index in [0.29, 0.717) is 36.2 Å². The molecule has 0 bridgehead atoms. The maximum absolute atomic E-state index is 13.0. The fourth-order valence-electron chi connectivity index (χ4n) is 3.06. The second-order valence-electron chi connectivity index (χ2n) is 5.84. The van der Waals surface area contributed by atoms with Crippen LogP contribution in [0.3, 0.4) is 0 Å². The van der Waals surface area contributed by atoms with Gasteiger partial charge in [-0.25, -0.2) is 0 Å². The second kappa shape index (κ2) is 6.43. The molecular weight excluding hydrogens is 328 g/mol. The molecule has 3 heterocycles. The van der Waals surface area contributed by atoms with E-state index in [2.05, 4.69) is 4.90 Å². The third-order valence-electron chi connectivity index (χ3n) is 4.29. The number of hydrogen-bond donors (Lipinski definition) is 0. The first-order chi connectivity index (χ1) is 11.7. The molecule has 1 aromatic heterocycles. The first kappa shape index (κ1) is 15.4. The average Bonchev–Trinajstić information content (AvgIpc) is 3.19. The number of furan rings is 1. The van der Waals surface area contributed by atoms with Gasteiger partial charge in [-0.3, -0.25) is 14.6 Å². The molecule has 1 aromatic carbocycles. The van der Waals surface area contributed by atoms with Crippen molar-refractivity contribution in [2.24, 2.45) is 0 Å². The Bertz CT molecular complexity index is 780. The van der Waals surface area contributed by atoms with Crippen molar-refractivity contribution in [1.29, 1.82) is 0 Å². The number of fused-ring (bicyclic) bond motifs is 1. The predicted molar refractivity (Wildman–Crippen MR) is 92.8 cm³/mol. The molecule has 1 fully saturated rings. The lowest BCUT2D eigenvalue weighted by Crippen LogP contribution is -2.45. The number of amides is 1. The van der Waals surface area contributed by atoms with Crippen LogP contribution in [0.4, 0.5) is 5.69 Å². The SMILES string of the molecule is O=C1/C(=C\c2ccco2)c2ccc(Cl)cc2N1CN1CCOCC1. The van der Waals surface area contributed by atoms with Crippen LogP contribution in [-0.4, -0.2) is 43.8 Å². The third-order valence-corrected chi connectivity index (χ3v) is 4.53. The van der Waals surface area contributed by atoms with E-state index in [9.17, 15) is 4.79 Å². The number of rotatable bonds is 3. The van der Waals surface area contributed by atoms with Gasteiger partial charge >= 0.3 is 0 Å². The molecule has 124 valence electrons. The number of anilines is 1. The van der Waals surface area contributed by atoms with E-state index in [1.165, 1.54) is 0 Å². The summed E-state index contributed by atoms with van der Waals surface area (Å²) in [5.41, 5.74) is 2.36. The van der Waals surface area contributed by atoms with Crippen LogP contribution in [0.5, 0.6) is 0 Å². The van der Waals surface area contributed by atoms with Crippen LogP contribution in [0.1, 0.15) is 11.3 Å². The molecule has 0 N–H and O–H groups in total. The van der Waals surface area contributed by atoms with Crippen LogP contribution in [0.15, 0.2) is 41.0 Å². The molecule has 2 aliphatic rings. The fourth-order valence-corrected chi connectivity index (χ4v) is 3.23. The number of nitrogens with zero attached hydrogens (tertiary/aromatic N) is 2. The summed E-state index contributed by atoms with van der Waals surface area (Å²) >= 11 is 6.16. The molecule has 0 unspecified atom stereocenters. The van der Waals surface area contributed by atoms with Gasteiger partial charge in [-0.05, 0) is 30.3 Å². The number of carbonyl (C=O) groups is 1. The van der Waals surface area contributed by atoms with Gasteiger partial charge in [0.05, 0.1) is 37.4 Å². The maximum Gasteiger partial charge on any atom is 0.260 e. The summed E-state index contributed by atoms with van der Waals surface area (Å²) in [6.45, 7) is 3.55. The van der Waals surface area contributed by atoms with Crippen molar-refractivity contribution in [3.63, 3.8) is 0 Å². The largest absolute Gasteiger partial charge is 0.465 e. The molecule has 0 radical (unpaired) electrons. The molecule has 0 atom stereocenters. The van der Waals surface area contributed by atoms with Gasteiger partial charge < -0.3 is 9.15 Å². The third kappa shape index (κ3) is 2.86. The van der Waals surface area contributed by atoms with Crippen LogP contribution in [0.2, 0.25) is 5.02 Å². The van der Waals surface area contributed by atoms with E-state index >= 15 is 0 Å². The molecule has 0 saturated carbocycles. The molecular formula is C18H17ClN2O3. The van der Waals surface area contributed by atoms with Crippen LogP contribution in [0.25, 0.3) is 11.6 Å². The molecule has 2 aliphatic heterocycles. The molecule has 6 heteroatoms. The first-order valence-corrected chi connectivity index (χ1v) is 8.27. The van der Waals surface area contributed by atoms with E-state index < -0.39 is 0 Å². The molecule has 0 aliphatic carbocycles. The Morgan fingerprint density at radius 3 is 2.79 bits per heavy atom. The van der Waals surface area contributed by atoms with Crippen molar-refractivity contribution in [2.75, 3.05) is 37.9 Å². The molecule has 1 saturated heterocycles. The molecule has 5 nitrogen and oxygen atoms in total. The fraction of sp³-hybridized carbons (Fsp3) is 0.278. The second-order valence-corrected chi connectivity index (χ2v) is 6.28. The summed E-state index contributed by atoms with van der Waals surface area (Å²) in [5.74, 6) is 0.627. The highest BCUT2D eigenvalue weighted by atomic mass is 35.5. The summed E-state index contributed by atoms with van der Waals surface area (Å²) in [6, 6.07) is 9.18. The zero-order valence-corrected chi connectivity index (χ0v) is 13.8. The van der Waals surface area contributed by atoms with Gasteiger partial charge in [0.25, 0.3) is 5.91 Å². The number of carbonyl (C=O) groups excluding carboxylic acids is 1. The highest BCUT2D eigenvalue weighted by Crippen LogP contribution is 2.39. The monoisotopic (exact) mass is 344 g/mol. The zero-order valence-electron chi connectivity index (χ0n) is 13.1. The van der Waals surface area contributed by atoms with E-state index in [4.69, 9.17) is 20.8 Å². The van der Waals surface area contributed by atoms with Crippen molar-refractivity contribution < 1.29 is 13.9 Å². The van der Waals surface area contributed by atoms with E-state index in [1.54, 1.807) is 23.3 Å². The Morgan fingerprint density at radius 1 is 1.21 bits per heavy atom. The molecule has 0 spiro atoms. The lowest BCUT2D eigenvalue weighted by molar-refractivity contribution is -0.113. The van der Waals surface area contributed by atoms with Gasteiger partial charge in [0.2, 0.25) is 0 Å². The Labute approximate surface area is 145 Å². The molecule has 24 heavy (non-hydrogen) atoms. The lowest BCUT2D eigenvalue weighted by Gasteiger charge is -2.30. The maximum atomic E-state index is 13.0. The van der Waals surface area contributed by atoms with E-state index in [1.807, 2.05) is 24.3 Å². The van der Waals surface area contributed by atoms with Crippen molar-refractivity contribution in [1.82, 2.24) is 4.90 Å². The minimum Gasteiger partial charge on any atom is -0.465 e. The Hall–Kier alpha value is -2.08. The van der Waals surface area contributed by atoms with Gasteiger partial charge in [-0.2, -0.15) is 0 Å². The minimum atomic E-state index is -0.0323. The van der Waals surface area contributed by atoms with Crippen molar-refractivity contribution in [3.8, 4) is 0 Å². The van der Waals surface area contributed by atoms with Crippen LogP contribution < -0.4 is 4.90 Å². The smallest absolute Gasteiger partial charge is 0.260 e. The van der Waals surface area contributed by atoms with E-state index in [-0.39, 0.29) is 5.91 Å². The Morgan fingerprint density at radius 2 is 2.04 bits per heavy atom. The zero-order chi connectivity index (χ0) is 16.5. The Kier molecular flexibility index (Phi) is 4.14. The van der Waals surface area contributed by atoms with Crippen LogP contribution in [0, 0.1) is 0 Å². The van der Waals surface area contributed by atoms with Crippen molar-refractivity contribution >= 4 is 34.8 Å². The Balaban J connectivity index is 1.70. The summed E-state index contributed by atoms with van der Waals surface area (Å²) < 4.78 is 10.7. The number of ether oxygens (including phenoxy) is 1. The van der Waals surface area contributed by atoms with E-state index in [0.717, 1.165) is 24.3 Å². The van der Waals surface area contributed by atoms with Gasteiger partial charge in [-0.15, -0.1) is 0 Å². The topological polar surface area (TPSA) is 45.9 Å². The number of morpholine rings is 1. The van der Waals surface area contributed by atoms with Crippen LogP contribution in [-0.2, 0) is 9.53 Å². The lowest BCUT2D eigenvalue weighted by atomic mass is 10.1. The first-order valence-electron chi connectivity index (χ1n) is 7.89. The summed E-state index contributed by atoms with van der Waals surface area (Å²) in [7, 11) is 0. The molecule has 2 aromatic rings. The quantitative estimate of drug-likeness (QED) is 0.803. The van der Waals surface area contributed by atoms with Gasteiger partial charge in [0.15, 0.2) is 0 Å². The molecule has 4 rings (SSSR count). The van der Waals surface area contributed by atoms with Crippen LogP contribution >= 0.6 is 11.6 Å². The summed E-state index contributed by atoms with van der Waals surface area (Å²) in [4.78, 5) is 17.0.